The number of hydrogen-bond acceptors (Lipinski definition) is 3. The fraction of sp³-hybridized carbons (Fsp3) is 0.923. The summed E-state index contributed by atoms with van der Waals surface area (Å²) in [6.07, 6.45) is 4.73. The predicted octanol–water partition coefficient (Wildman–Crippen LogP) is 0.748. The molecular formula is C13H24N2O2. The average molecular weight is 240 g/mol. The van der Waals surface area contributed by atoms with Gasteiger partial charge in [-0.15, -0.1) is 0 Å². The lowest BCUT2D eigenvalue weighted by Gasteiger charge is -2.48. The molecule has 1 saturated heterocycles. The van der Waals surface area contributed by atoms with Gasteiger partial charge in [0.2, 0.25) is 5.91 Å². The highest BCUT2D eigenvalue weighted by molar-refractivity contribution is 5.78. The summed E-state index contributed by atoms with van der Waals surface area (Å²) in [4.78, 5) is 13.8. The highest BCUT2D eigenvalue weighted by Gasteiger charge is 2.44. The van der Waals surface area contributed by atoms with Crippen molar-refractivity contribution < 1.29 is 9.90 Å². The van der Waals surface area contributed by atoms with Crippen molar-refractivity contribution in [2.24, 2.45) is 5.92 Å². The summed E-state index contributed by atoms with van der Waals surface area (Å²) < 4.78 is 0. The molecule has 1 aliphatic heterocycles. The first-order valence-corrected chi connectivity index (χ1v) is 6.74. The van der Waals surface area contributed by atoms with Crippen molar-refractivity contribution in [2.75, 3.05) is 19.6 Å². The molecule has 0 aromatic heterocycles. The molecule has 0 spiro atoms. The molecule has 0 radical (unpaired) electrons. The Labute approximate surface area is 103 Å². The van der Waals surface area contributed by atoms with Gasteiger partial charge in [0.05, 0.1) is 12.1 Å². The maximum absolute atomic E-state index is 11.7. The van der Waals surface area contributed by atoms with E-state index in [1.165, 1.54) is 12.8 Å². The smallest absolute Gasteiger partial charge is 0.234 e. The summed E-state index contributed by atoms with van der Waals surface area (Å²) in [5.41, 5.74) is -0.576. The Morgan fingerprint density at radius 3 is 2.53 bits per heavy atom. The second-order valence-corrected chi connectivity index (χ2v) is 5.95. The van der Waals surface area contributed by atoms with Crippen LogP contribution in [0.4, 0.5) is 0 Å². The van der Waals surface area contributed by atoms with Gasteiger partial charge in [0, 0.05) is 19.1 Å². The van der Waals surface area contributed by atoms with Crippen LogP contribution in [0, 0.1) is 5.92 Å². The highest BCUT2D eigenvalue weighted by atomic mass is 16.3. The van der Waals surface area contributed by atoms with E-state index in [2.05, 4.69) is 5.32 Å². The van der Waals surface area contributed by atoms with Crippen LogP contribution >= 0.6 is 0 Å². The zero-order valence-electron chi connectivity index (χ0n) is 10.9. The van der Waals surface area contributed by atoms with E-state index in [4.69, 9.17) is 0 Å². The molecule has 17 heavy (non-hydrogen) atoms. The fourth-order valence-electron chi connectivity index (χ4n) is 2.75. The monoisotopic (exact) mass is 240 g/mol. The fourth-order valence-corrected chi connectivity index (χ4v) is 2.75. The van der Waals surface area contributed by atoms with Crippen LogP contribution in [0.25, 0.3) is 0 Å². The van der Waals surface area contributed by atoms with E-state index in [0.29, 0.717) is 25.7 Å². The number of amides is 1. The Hall–Kier alpha value is -0.610. The lowest BCUT2D eigenvalue weighted by atomic mass is 9.83. The van der Waals surface area contributed by atoms with Crippen LogP contribution in [0.15, 0.2) is 0 Å². The maximum atomic E-state index is 11.7. The molecule has 98 valence electrons. The van der Waals surface area contributed by atoms with E-state index >= 15 is 0 Å². The summed E-state index contributed by atoms with van der Waals surface area (Å²) in [7, 11) is 0. The van der Waals surface area contributed by atoms with Crippen molar-refractivity contribution in [2.45, 2.75) is 51.2 Å². The summed E-state index contributed by atoms with van der Waals surface area (Å²) in [5, 5.41) is 13.2. The van der Waals surface area contributed by atoms with Gasteiger partial charge in [-0.1, -0.05) is 26.7 Å². The number of aliphatic hydroxyl groups is 1. The van der Waals surface area contributed by atoms with Crippen molar-refractivity contribution in [3.05, 3.63) is 0 Å². The SMILES string of the molecule is CC(C)C1(O)CN(CC(=O)NC2CCCC2)C1. The third-order valence-corrected chi connectivity index (χ3v) is 4.16. The minimum absolute atomic E-state index is 0.114. The van der Waals surface area contributed by atoms with Crippen LogP contribution < -0.4 is 5.32 Å². The first kappa shape index (κ1) is 12.8. The minimum atomic E-state index is -0.576. The summed E-state index contributed by atoms with van der Waals surface area (Å²) in [5.74, 6) is 0.374. The molecule has 1 aliphatic carbocycles. The normalized spacial score (nSPS) is 24.9. The highest BCUT2D eigenvalue weighted by Crippen LogP contribution is 2.28. The summed E-state index contributed by atoms with van der Waals surface area (Å²) in [6, 6.07) is 0.396. The molecule has 1 amide bonds. The number of nitrogens with zero attached hydrogens (tertiary/aromatic N) is 1. The molecule has 0 aromatic rings. The zero-order chi connectivity index (χ0) is 12.5. The number of nitrogens with one attached hydrogen (secondary N) is 1. The Morgan fingerprint density at radius 2 is 2.00 bits per heavy atom. The molecule has 2 rings (SSSR count). The quantitative estimate of drug-likeness (QED) is 0.762. The Kier molecular flexibility index (Phi) is 3.73. The topological polar surface area (TPSA) is 52.6 Å². The van der Waals surface area contributed by atoms with Crippen LogP contribution in [-0.4, -0.2) is 47.2 Å². The van der Waals surface area contributed by atoms with E-state index in [1.807, 2.05) is 18.7 Å². The van der Waals surface area contributed by atoms with Gasteiger partial charge in [0.1, 0.15) is 0 Å². The Bertz CT molecular complexity index is 279. The molecule has 1 saturated carbocycles. The van der Waals surface area contributed by atoms with Crippen LogP contribution in [-0.2, 0) is 4.79 Å². The zero-order valence-corrected chi connectivity index (χ0v) is 10.9. The first-order chi connectivity index (χ1) is 7.99. The molecule has 0 bridgehead atoms. The van der Waals surface area contributed by atoms with Crippen LogP contribution in [0.2, 0.25) is 0 Å². The van der Waals surface area contributed by atoms with E-state index in [-0.39, 0.29) is 11.8 Å². The number of rotatable bonds is 4. The van der Waals surface area contributed by atoms with E-state index in [0.717, 1.165) is 12.8 Å². The minimum Gasteiger partial charge on any atom is -0.387 e. The van der Waals surface area contributed by atoms with Crippen molar-refractivity contribution in [1.29, 1.82) is 0 Å². The van der Waals surface area contributed by atoms with Gasteiger partial charge in [-0.2, -0.15) is 0 Å². The second-order valence-electron chi connectivity index (χ2n) is 5.95. The lowest BCUT2D eigenvalue weighted by molar-refractivity contribution is -0.142. The molecule has 2 N–H and O–H groups in total. The van der Waals surface area contributed by atoms with Crippen molar-refractivity contribution >= 4 is 5.91 Å². The molecule has 0 aromatic carbocycles. The van der Waals surface area contributed by atoms with Gasteiger partial charge < -0.3 is 10.4 Å². The molecule has 4 heteroatoms. The molecule has 4 nitrogen and oxygen atoms in total. The van der Waals surface area contributed by atoms with Gasteiger partial charge in [-0.05, 0) is 18.8 Å². The van der Waals surface area contributed by atoms with Gasteiger partial charge in [-0.25, -0.2) is 0 Å². The van der Waals surface area contributed by atoms with Crippen molar-refractivity contribution in [1.82, 2.24) is 10.2 Å². The Balaban J connectivity index is 1.67. The van der Waals surface area contributed by atoms with Gasteiger partial charge >= 0.3 is 0 Å². The average Bonchev–Trinajstić information content (AvgIpc) is 2.67. The number of hydrogen-bond donors (Lipinski definition) is 2. The van der Waals surface area contributed by atoms with Crippen molar-refractivity contribution in [3.8, 4) is 0 Å². The van der Waals surface area contributed by atoms with E-state index in [1.54, 1.807) is 0 Å². The van der Waals surface area contributed by atoms with E-state index in [9.17, 15) is 9.90 Å². The first-order valence-electron chi connectivity index (χ1n) is 6.74. The molecule has 1 heterocycles. The summed E-state index contributed by atoms with van der Waals surface area (Å²) >= 11 is 0. The number of carbonyl (C=O) groups excluding carboxylic acids is 1. The second kappa shape index (κ2) is 4.94. The maximum Gasteiger partial charge on any atom is 0.234 e. The largest absolute Gasteiger partial charge is 0.387 e. The van der Waals surface area contributed by atoms with Crippen LogP contribution in [0.5, 0.6) is 0 Å². The third kappa shape index (κ3) is 2.99. The number of carbonyl (C=O) groups is 1. The molecule has 0 atom stereocenters. The van der Waals surface area contributed by atoms with Crippen LogP contribution in [0.3, 0.4) is 0 Å². The van der Waals surface area contributed by atoms with Gasteiger partial charge in [-0.3, -0.25) is 9.69 Å². The third-order valence-electron chi connectivity index (χ3n) is 4.16. The Morgan fingerprint density at radius 1 is 1.41 bits per heavy atom. The lowest BCUT2D eigenvalue weighted by Crippen LogP contribution is -2.65. The van der Waals surface area contributed by atoms with Crippen LogP contribution in [0.1, 0.15) is 39.5 Å². The molecule has 0 unspecified atom stereocenters. The molecule has 2 fully saturated rings. The standard InChI is InChI=1S/C13H24N2O2/c1-10(2)13(17)8-15(9-13)7-12(16)14-11-5-3-4-6-11/h10-11,17H,3-9H2,1-2H3,(H,14,16). The molecular weight excluding hydrogens is 216 g/mol. The predicted molar refractivity (Wildman–Crippen MR) is 66.6 cm³/mol. The van der Waals surface area contributed by atoms with Crippen molar-refractivity contribution in [3.63, 3.8) is 0 Å². The van der Waals surface area contributed by atoms with E-state index < -0.39 is 5.60 Å². The number of likely N-dealkylation sites (tertiary alicyclic amines) is 1. The molecule has 2 aliphatic rings. The van der Waals surface area contributed by atoms with Gasteiger partial charge in [0.15, 0.2) is 0 Å². The summed E-state index contributed by atoms with van der Waals surface area (Å²) in [6.45, 7) is 5.74. The number of β-amino-alcohol motifs (C(OH)–C–C–N with tert-alkyl or cyclic N) is 1. The van der Waals surface area contributed by atoms with Gasteiger partial charge in [0.25, 0.3) is 0 Å².